The highest BCUT2D eigenvalue weighted by atomic mass is 19.4. The number of aliphatic hydroxyl groups is 1. The molecule has 1 aliphatic carbocycles. The predicted molar refractivity (Wildman–Crippen MR) is 104 cm³/mol. The van der Waals surface area contributed by atoms with Gasteiger partial charge in [-0.15, -0.1) is 0 Å². The van der Waals surface area contributed by atoms with Crippen LogP contribution < -0.4 is 10.6 Å². The number of amides is 1. The van der Waals surface area contributed by atoms with Gasteiger partial charge in [0.15, 0.2) is 0 Å². The number of alkyl halides is 3. The number of allylic oxidation sites excluding steroid dienone is 3. The zero-order valence-corrected chi connectivity index (χ0v) is 16.8. The third kappa shape index (κ3) is 6.33. The fourth-order valence-electron chi connectivity index (χ4n) is 3.17. The van der Waals surface area contributed by atoms with Gasteiger partial charge in [0.1, 0.15) is 12.0 Å². The van der Waals surface area contributed by atoms with Crippen LogP contribution in [0.2, 0.25) is 0 Å². The number of carbonyl (C=O) groups is 1. The van der Waals surface area contributed by atoms with Gasteiger partial charge >= 0.3 is 6.18 Å². The Bertz CT molecular complexity index is 810. The Morgan fingerprint density at radius 3 is 2.48 bits per heavy atom. The molecule has 29 heavy (non-hydrogen) atoms. The number of rotatable bonds is 5. The van der Waals surface area contributed by atoms with Gasteiger partial charge in [0.25, 0.3) is 0 Å². The molecular formula is C21H27F3N2O3. The van der Waals surface area contributed by atoms with E-state index >= 15 is 0 Å². The minimum atomic E-state index is -4.56. The quantitative estimate of drug-likeness (QED) is 0.558. The van der Waals surface area contributed by atoms with Crippen molar-refractivity contribution in [1.82, 2.24) is 10.6 Å². The number of phenolic OH excluding ortho intramolecular Hbond substituents is 1. The van der Waals surface area contributed by atoms with E-state index in [2.05, 4.69) is 10.6 Å². The summed E-state index contributed by atoms with van der Waals surface area (Å²) in [7, 11) is 0. The lowest BCUT2D eigenvalue weighted by Gasteiger charge is -2.34. The SMILES string of the molecule is CC1C(NC(=O)Cc2cc(C(F)(F)F)ccc2O)=CC=CC1C(O)NC(C)(C)C. The molecule has 0 fully saturated rings. The van der Waals surface area contributed by atoms with Crippen LogP contribution >= 0.6 is 0 Å². The summed E-state index contributed by atoms with van der Waals surface area (Å²) in [6.07, 6.45) is -0.563. The fraction of sp³-hybridized carbons (Fsp3) is 0.476. The van der Waals surface area contributed by atoms with Crippen LogP contribution in [0.15, 0.2) is 42.1 Å². The number of aliphatic hydroxyl groups excluding tert-OH is 1. The second-order valence-corrected chi connectivity index (χ2v) is 8.28. The monoisotopic (exact) mass is 412 g/mol. The standard InChI is InChI=1S/C21H27F3N2O3/c1-12-15(19(29)26-20(2,3)4)6-5-7-16(12)25-18(28)11-13-10-14(21(22,23)24)8-9-17(13)27/h5-10,12,15,19,26-27,29H,11H2,1-4H3,(H,25,28). The maximum atomic E-state index is 12.9. The van der Waals surface area contributed by atoms with Gasteiger partial charge in [0.05, 0.1) is 12.0 Å². The van der Waals surface area contributed by atoms with Gasteiger partial charge in [0.2, 0.25) is 5.91 Å². The van der Waals surface area contributed by atoms with E-state index in [0.717, 1.165) is 18.2 Å². The third-order valence-corrected chi connectivity index (χ3v) is 4.66. The van der Waals surface area contributed by atoms with Crippen LogP contribution in [-0.2, 0) is 17.4 Å². The highest BCUT2D eigenvalue weighted by Crippen LogP contribution is 2.32. The molecule has 5 nitrogen and oxygen atoms in total. The molecule has 0 radical (unpaired) electrons. The topological polar surface area (TPSA) is 81.6 Å². The molecular weight excluding hydrogens is 385 g/mol. The Balaban J connectivity index is 2.08. The molecule has 0 spiro atoms. The van der Waals surface area contributed by atoms with Gasteiger partial charge in [0, 0.05) is 28.6 Å². The Kier molecular flexibility index (Phi) is 6.80. The molecule has 1 amide bonds. The van der Waals surface area contributed by atoms with E-state index in [1.165, 1.54) is 0 Å². The van der Waals surface area contributed by atoms with Crippen molar-refractivity contribution >= 4 is 5.91 Å². The molecule has 0 aromatic heterocycles. The first kappa shape index (κ1) is 23.0. The van der Waals surface area contributed by atoms with Crippen molar-refractivity contribution in [2.45, 2.75) is 52.1 Å². The molecule has 1 aromatic carbocycles. The van der Waals surface area contributed by atoms with Crippen LogP contribution in [0.5, 0.6) is 5.75 Å². The number of hydrogen-bond acceptors (Lipinski definition) is 4. The Morgan fingerprint density at radius 1 is 1.24 bits per heavy atom. The molecule has 160 valence electrons. The number of hydrogen-bond donors (Lipinski definition) is 4. The van der Waals surface area contributed by atoms with E-state index in [9.17, 15) is 28.2 Å². The summed E-state index contributed by atoms with van der Waals surface area (Å²) in [5, 5.41) is 26.1. The fourth-order valence-corrected chi connectivity index (χ4v) is 3.17. The molecule has 0 aliphatic heterocycles. The van der Waals surface area contributed by atoms with Gasteiger partial charge in [-0.25, -0.2) is 0 Å². The van der Waals surface area contributed by atoms with Gasteiger partial charge in [-0.2, -0.15) is 13.2 Å². The van der Waals surface area contributed by atoms with Crippen LogP contribution in [-0.4, -0.2) is 27.9 Å². The smallest absolute Gasteiger partial charge is 0.416 e. The van der Waals surface area contributed by atoms with E-state index < -0.39 is 30.3 Å². The minimum Gasteiger partial charge on any atom is -0.508 e. The molecule has 3 atom stereocenters. The zero-order valence-electron chi connectivity index (χ0n) is 16.8. The molecule has 0 saturated heterocycles. The lowest BCUT2D eigenvalue weighted by molar-refractivity contribution is -0.137. The second kappa shape index (κ2) is 8.59. The summed E-state index contributed by atoms with van der Waals surface area (Å²) in [6, 6.07) is 2.47. The van der Waals surface area contributed by atoms with Gasteiger partial charge < -0.3 is 15.5 Å². The first-order chi connectivity index (χ1) is 13.3. The first-order valence-corrected chi connectivity index (χ1v) is 9.31. The highest BCUT2D eigenvalue weighted by molar-refractivity contribution is 5.81. The minimum absolute atomic E-state index is 0.108. The maximum Gasteiger partial charge on any atom is 0.416 e. The molecule has 4 N–H and O–H groups in total. The number of carbonyl (C=O) groups excluding carboxylic acids is 1. The molecule has 8 heteroatoms. The number of nitrogens with one attached hydrogen (secondary N) is 2. The number of phenols is 1. The predicted octanol–water partition coefficient (Wildman–Crippen LogP) is 3.48. The summed E-state index contributed by atoms with van der Waals surface area (Å²) in [6.45, 7) is 7.62. The summed E-state index contributed by atoms with van der Waals surface area (Å²) < 4.78 is 38.6. The van der Waals surface area contributed by atoms with Crippen molar-refractivity contribution in [2.75, 3.05) is 0 Å². The Morgan fingerprint density at radius 2 is 1.90 bits per heavy atom. The first-order valence-electron chi connectivity index (χ1n) is 9.31. The number of benzene rings is 1. The van der Waals surface area contributed by atoms with Crippen molar-refractivity contribution in [3.8, 4) is 5.75 Å². The molecule has 0 bridgehead atoms. The third-order valence-electron chi connectivity index (χ3n) is 4.66. The maximum absolute atomic E-state index is 12.9. The summed E-state index contributed by atoms with van der Waals surface area (Å²) in [5.41, 5.74) is -0.798. The van der Waals surface area contributed by atoms with E-state index in [0.29, 0.717) is 5.70 Å². The Labute approximate surface area is 168 Å². The van der Waals surface area contributed by atoms with Crippen LogP contribution in [0.4, 0.5) is 13.2 Å². The van der Waals surface area contributed by atoms with Gasteiger partial charge in [-0.05, 0) is 45.0 Å². The molecule has 1 aliphatic rings. The molecule has 3 unspecified atom stereocenters. The van der Waals surface area contributed by atoms with E-state index in [1.807, 2.05) is 33.8 Å². The Hall–Kier alpha value is -2.32. The van der Waals surface area contributed by atoms with E-state index in [-0.39, 0.29) is 28.7 Å². The summed E-state index contributed by atoms with van der Waals surface area (Å²) in [4.78, 5) is 12.4. The second-order valence-electron chi connectivity index (χ2n) is 8.28. The molecule has 0 heterocycles. The van der Waals surface area contributed by atoms with E-state index in [4.69, 9.17) is 0 Å². The van der Waals surface area contributed by atoms with Crippen molar-refractivity contribution in [1.29, 1.82) is 0 Å². The normalized spacial score (nSPS) is 20.9. The van der Waals surface area contributed by atoms with Crippen LogP contribution in [0.25, 0.3) is 0 Å². The van der Waals surface area contributed by atoms with Crippen molar-refractivity contribution in [3.63, 3.8) is 0 Å². The largest absolute Gasteiger partial charge is 0.508 e. The summed E-state index contributed by atoms with van der Waals surface area (Å²) in [5.74, 6) is -1.45. The molecule has 2 rings (SSSR count). The van der Waals surface area contributed by atoms with Crippen molar-refractivity contribution < 1.29 is 28.2 Å². The summed E-state index contributed by atoms with van der Waals surface area (Å²) >= 11 is 0. The van der Waals surface area contributed by atoms with Crippen molar-refractivity contribution in [2.24, 2.45) is 11.8 Å². The lowest BCUT2D eigenvalue weighted by Crippen LogP contribution is -2.49. The number of halogens is 3. The molecule has 0 saturated carbocycles. The highest BCUT2D eigenvalue weighted by Gasteiger charge is 2.32. The van der Waals surface area contributed by atoms with Crippen LogP contribution in [0.3, 0.4) is 0 Å². The molecule has 1 aromatic rings. The van der Waals surface area contributed by atoms with Gasteiger partial charge in [-0.1, -0.05) is 19.1 Å². The zero-order chi connectivity index (χ0) is 22.0. The average molecular weight is 412 g/mol. The number of aromatic hydroxyl groups is 1. The van der Waals surface area contributed by atoms with E-state index in [1.54, 1.807) is 12.2 Å². The van der Waals surface area contributed by atoms with Crippen molar-refractivity contribution in [3.05, 3.63) is 53.3 Å². The lowest BCUT2D eigenvalue weighted by atomic mass is 9.85. The van der Waals surface area contributed by atoms with Crippen LogP contribution in [0, 0.1) is 11.8 Å². The average Bonchev–Trinajstić information content (AvgIpc) is 2.56. The van der Waals surface area contributed by atoms with Gasteiger partial charge in [-0.3, -0.25) is 10.1 Å². The van der Waals surface area contributed by atoms with Crippen LogP contribution in [0.1, 0.15) is 38.8 Å².